The maximum atomic E-state index is 13.3. The third-order valence-electron chi connectivity index (χ3n) is 5.88. The molecule has 3 heterocycles. The minimum absolute atomic E-state index is 0.00458. The van der Waals surface area contributed by atoms with Crippen molar-refractivity contribution >= 4 is 5.91 Å². The average Bonchev–Trinajstić information content (AvgIpc) is 3.21. The van der Waals surface area contributed by atoms with Gasteiger partial charge in [0.25, 0.3) is 5.91 Å². The van der Waals surface area contributed by atoms with Gasteiger partial charge in [-0.2, -0.15) is 0 Å². The highest BCUT2D eigenvalue weighted by molar-refractivity contribution is 5.94. The summed E-state index contributed by atoms with van der Waals surface area (Å²) in [5.74, 6) is 1.35. The van der Waals surface area contributed by atoms with Crippen LogP contribution in [-0.4, -0.2) is 52.2 Å². The lowest BCUT2D eigenvalue weighted by atomic mass is 9.89. The number of carbonyl (C=O) groups is 1. The largest absolute Gasteiger partial charge is 0.488 e. The van der Waals surface area contributed by atoms with E-state index in [1.807, 2.05) is 35.2 Å². The Balaban J connectivity index is 1.25. The van der Waals surface area contributed by atoms with Gasteiger partial charge < -0.3 is 19.1 Å². The highest BCUT2D eigenvalue weighted by Crippen LogP contribution is 2.36. The molecule has 7 nitrogen and oxygen atoms in total. The van der Waals surface area contributed by atoms with Gasteiger partial charge >= 0.3 is 6.01 Å². The Morgan fingerprint density at radius 2 is 1.84 bits per heavy atom. The van der Waals surface area contributed by atoms with Crippen molar-refractivity contribution in [1.82, 2.24) is 14.9 Å². The van der Waals surface area contributed by atoms with E-state index >= 15 is 0 Å². The number of hydrogen-bond acceptors (Lipinski definition) is 6. The number of carbonyl (C=O) groups excluding carboxylic acids is 1. The molecule has 5 rings (SSSR count). The molecule has 3 aromatic rings. The van der Waals surface area contributed by atoms with Gasteiger partial charge in [0, 0.05) is 30.9 Å². The van der Waals surface area contributed by atoms with Crippen LogP contribution in [0.5, 0.6) is 17.5 Å². The van der Waals surface area contributed by atoms with Crippen LogP contribution < -0.4 is 9.47 Å². The number of nitrogens with zero attached hydrogens (tertiary/aromatic N) is 3. The molecule has 0 N–H and O–H groups in total. The molecule has 2 fully saturated rings. The molecular formula is C25H25N3O4. The summed E-state index contributed by atoms with van der Waals surface area (Å²) in [6.07, 6.45) is 5.83. The lowest BCUT2D eigenvalue weighted by Gasteiger charge is -2.39. The molecule has 0 bridgehead atoms. The zero-order chi connectivity index (χ0) is 21.8. The van der Waals surface area contributed by atoms with Crippen LogP contribution in [0.25, 0.3) is 0 Å². The molecule has 2 aromatic carbocycles. The average molecular weight is 431 g/mol. The molecule has 2 aliphatic heterocycles. The molecule has 1 amide bonds. The fraction of sp³-hybridized carbons (Fsp3) is 0.320. The van der Waals surface area contributed by atoms with Gasteiger partial charge in [-0.3, -0.25) is 4.79 Å². The number of hydrogen-bond donors (Lipinski definition) is 0. The van der Waals surface area contributed by atoms with Gasteiger partial charge in [-0.05, 0) is 49.2 Å². The summed E-state index contributed by atoms with van der Waals surface area (Å²) in [6.45, 7) is 1.81. The lowest BCUT2D eigenvalue weighted by Crippen LogP contribution is -2.50. The molecule has 32 heavy (non-hydrogen) atoms. The Kier molecular flexibility index (Phi) is 5.73. The summed E-state index contributed by atoms with van der Waals surface area (Å²) in [6, 6.07) is 18.9. The van der Waals surface area contributed by atoms with E-state index in [0.29, 0.717) is 31.0 Å². The highest BCUT2D eigenvalue weighted by atomic mass is 16.6. The molecule has 1 aromatic heterocycles. The SMILES string of the molecule is O=C(c1cccc(Oc2ncccn2)c1)N1CCC[C@]2(C[C@@H](Oc3ccccc3)CO2)C1. The molecule has 2 atom stereocenters. The quantitative estimate of drug-likeness (QED) is 0.605. The standard InChI is InChI=1S/C25H25N3O4/c29-23(19-7-4-10-21(15-19)32-24-26-12-6-13-27-24)28-14-5-11-25(18-28)16-22(17-30-25)31-20-8-2-1-3-9-20/h1-4,6-10,12-13,15,22H,5,11,14,16-18H2/t22-,25+/m1/s1. The van der Waals surface area contributed by atoms with Crippen LogP contribution >= 0.6 is 0 Å². The molecular weight excluding hydrogens is 406 g/mol. The van der Waals surface area contributed by atoms with Crippen molar-refractivity contribution in [3.05, 3.63) is 78.6 Å². The predicted octanol–water partition coefficient (Wildman–Crippen LogP) is 4.11. The van der Waals surface area contributed by atoms with E-state index in [-0.39, 0.29) is 23.6 Å². The summed E-state index contributed by atoms with van der Waals surface area (Å²) in [5, 5.41) is 0. The molecule has 0 radical (unpaired) electrons. The summed E-state index contributed by atoms with van der Waals surface area (Å²) in [7, 11) is 0. The first kappa shape index (κ1) is 20.5. The van der Waals surface area contributed by atoms with Crippen LogP contribution in [0.4, 0.5) is 0 Å². The number of piperidine rings is 1. The van der Waals surface area contributed by atoms with E-state index < -0.39 is 0 Å². The topological polar surface area (TPSA) is 73.8 Å². The second kappa shape index (κ2) is 8.96. The molecule has 164 valence electrons. The number of para-hydroxylation sites is 1. The monoisotopic (exact) mass is 431 g/mol. The summed E-state index contributed by atoms with van der Waals surface area (Å²) in [5.41, 5.74) is 0.227. The Labute approximate surface area is 187 Å². The number of amides is 1. The van der Waals surface area contributed by atoms with E-state index in [1.54, 1.807) is 42.7 Å². The zero-order valence-corrected chi connectivity index (χ0v) is 17.7. The van der Waals surface area contributed by atoms with Gasteiger partial charge in [0.2, 0.25) is 0 Å². The first-order chi connectivity index (χ1) is 15.7. The number of rotatable bonds is 5. The van der Waals surface area contributed by atoms with Crippen molar-refractivity contribution in [2.24, 2.45) is 0 Å². The third-order valence-corrected chi connectivity index (χ3v) is 5.88. The van der Waals surface area contributed by atoms with Crippen LogP contribution in [0.15, 0.2) is 73.1 Å². The summed E-state index contributed by atoms with van der Waals surface area (Å²) >= 11 is 0. The van der Waals surface area contributed by atoms with Gasteiger partial charge in [-0.25, -0.2) is 9.97 Å². The minimum Gasteiger partial charge on any atom is -0.488 e. The van der Waals surface area contributed by atoms with Crippen molar-refractivity contribution in [3.63, 3.8) is 0 Å². The maximum absolute atomic E-state index is 13.3. The van der Waals surface area contributed by atoms with Crippen molar-refractivity contribution in [2.75, 3.05) is 19.7 Å². The Morgan fingerprint density at radius 3 is 2.69 bits per heavy atom. The number of likely N-dealkylation sites (tertiary alicyclic amines) is 1. The first-order valence-electron chi connectivity index (χ1n) is 10.9. The zero-order valence-electron chi connectivity index (χ0n) is 17.7. The fourth-order valence-electron chi connectivity index (χ4n) is 4.44. The molecule has 7 heteroatoms. The van der Waals surface area contributed by atoms with E-state index in [0.717, 1.165) is 25.0 Å². The number of benzene rings is 2. The fourth-order valence-corrected chi connectivity index (χ4v) is 4.44. The highest BCUT2D eigenvalue weighted by Gasteiger charge is 2.45. The van der Waals surface area contributed by atoms with Crippen molar-refractivity contribution in [2.45, 2.75) is 31.0 Å². The molecule has 0 saturated carbocycles. The van der Waals surface area contributed by atoms with Crippen molar-refractivity contribution in [3.8, 4) is 17.5 Å². The van der Waals surface area contributed by atoms with Gasteiger partial charge in [0.1, 0.15) is 17.6 Å². The van der Waals surface area contributed by atoms with Crippen LogP contribution in [-0.2, 0) is 4.74 Å². The number of aromatic nitrogens is 2. The summed E-state index contributed by atoms with van der Waals surface area (Å²) < 4.78 is 18.0. The first-order valence-corrected chi connectivity index (χ1v) is 10.9. The van der Waals surface area contributed by atoms with Crippen LogP contribution in [0, 0.1) is 0 Å². The number of ether oxygens (including phenoxy) is 3. The molecule has 2 saturated heterocycles. The molecule has 2 aliphatic rings. The molecule has 0 aliphatic carbocycles. The Hall–Kier alpha value is -3.45. The molecule has 1 spiro atoms. The smallest absolute Gasteiger partial charge is 0.321 e. The van der Waals surface area contributed by atoms with Gasteiger partial charge in [-0.1, -0.05) is 24.3 Å². The van der Waals surface area contributed by atoms with Gasteiger partial charge in [0.05, 0.1) is 18.8 Å². The second-order valence-corrected chi connectivity index (χ2v) is 8.24. The third kappa shape index (κ3) is 4.57. The lowest BCUT2D eigenvalue weighted by molar-refractivity contribution is -0.0453. The normalized spacial score (nSPS) is 22.6. The Bertz CT molecular complexity index is 1060. The summed E-state index contributed by atoms with van der Waals surface area (Å²) in [4.78, 5) is 23.3. The van der Waals surface area contributed by atoms with Crippen molar-refractivity contribution in [1.29, 1.82) is 0 Å². The van der Waals surface area contributed by atoms with Gasteiger partial charge in [-0.15, -0.1) is 0 Å². The van der Waals surface area contributed by atoms with E-state index in [2.05, 4.69) is 9.97 Å². The predicted molar refractivity (Wildman–Crippen MR) is 118 cm³/mol. The maximum Gasteiger partial charge on any atom is 0.321 e. The second-order valence-electron chi connectivity index (χ2n) is 8.24. The van der Waals surface area contributed by atoms with Crippen LogP contribution in [0.3, 0.4) is 0 Å². The van der Waals surface area contributed by atoms with Crippen LogP contribution in [0.1, 0.15) is 29.6 Å². The van der Waals surface area contributed by atoms with E-state index in [9.17, 15) is 4.79 Å². The van der Waals surface area contributed by atoms with Crippen LogP contribution in [0.2, 0.25) is 0 Å². The van der Waals surface area contributed by atoms with E-state index in [1.165, 1.54) is 0 Å². The Morgan fingerprint density at radius 1 is 1.03 bits per heavy atom. The minimum atomic E-state index is -0.348. The van der Waals surface area contributed by atoms with E-state index in [4.69, 9.17) is 14.2 Å². The van der Waals surface area contributed by atoms with Gasteiger partial charge in [0.15, 0.2) is 0 Å². The van der Waals surface area contributed by atoms with Crippen molar-refractivity contribution < 1.29 is 19.0 Å². The molecule has 0 unspecified atom stereocenters.